The molecule has 0 spiro atoms. The normalized spacial score (nSPS) is 16.0. The molecule has 0 aliphatic heterocycles. The van der Waals surface area contributed by atoms with E-state index >= 15 is 0 Å². The first kappa shape index (κ1) is 18.4. The van der Waals surface area contributed by atoms with Crippen molar-refractivity contribution in [1.29, 1.82) is 0 Å². The Kier molecular flexibility index (Phi) is 6.30. The molecule has 1 fully saturated rings. The quantitative estimate of drug-likeness (QED) is 0.320. The number of aromatic nitrogens is 2. The van der Waals surface area contributed by atoms with Gasteiger partial charge in [-0.25, -0.2) is 4.98 Å². The molecule has 24 heavy (non-hydrogen) atoms. The van der Waals surface area contributed by atoms with Gasteiger partial charge in [-0.2, -0.15) is 4.98 Å². The van der Waals surface area contributed by atoms with Crippen LogP contribution in [0.25, 0.3) is 0 Å². The molecule has 1 aromatic heterocycles. The highest BCUT2D eigenvalue weighted by molar-refractivity contribution is 6.28. The van der Waals surface area contributed by atoms with Crippen LogP contribution in [0, 0.1) is 16.0 Å². The third-order valence-electron chi connectivity index (χ3n) is 4.11. The Morgan fingerprint density at radius 1 is 1.54 bits per heavy atom. The summed E-state index contributed by atoms with van der Waals surface area (Å²) >= 11 is 5.86. The fraction of sp³-hybridized carbons (Fsp3) is 0.667. The van der Waals surface area contributed by atoms with E-state index in [0.29, 0.717) is 6.61 Å². The lowest BCUT2D eigenvalue weighted by Crippen LogP contribution is -2.40. The third kappa shape index (κ3) is 4.31. The number of esters is 1. The summed E-state index contributed by atoms with van der Waals surface area (Å²) in [6.07, 6.45) is 4.99. The van der Waals surface area contributed by atoms with Crippen molar-refractivity contribution in [2.24, 2.45) is 5.92 Å². The van der Waals surface area contributed by atoms with Gasteiger partial charge in [-0.05, 0) is 31.4 Å². The summed E-state index contributed by atoms with van der Waals surface area (Å²) in [5, 5.41) is 11.3. The van der Waals surface area contributed by atoms with Gasteiger partial charge in [0.1, 0.15) is 6.20 Å². The van der Waals surface area contributed by atoms with Crippen molar-refractivity contribution in [3.8, 4) is 0 Å². The molecule has 0 saturated heterocycles. The number of carbonyl (C=O) groups excluding carboxylic acids is 1. The highest BCUT2D eigenvalue weighted by Gasteiger charge is 2.32. The molecule has 0 radical (unpaired) electrons. The van der Waals surface area contributed by atoms with Crippen molar-refractivity contribution in [3.05, 3.63) is 21.6 Å². The molecule has 0 N–H and O–H groups in total. The SMILES string of the molecule is CCOC(=O)C(C)CN(c1nc(Cl)ncc1[N+](=O)[O-])C1CCCC1. The Balaban J connectivity index is 2.34. The van der Waals surface area contributed by atoms with Crippen LogP contribution in [-0.2, 0) is 9.53 Å². The zero-order valence-electron chi connectivity index (χ0n) is 13.8. The summed E-state index contributed by atoms with van der Waals surface area (Å²) in [5.41, 5.74) is -0.206. The van der Waals surface area contributed by atoms with Crippen LogP contribution in [0.2, 0.25) is 5.28 Å². The lowest BCUT2D eigenvalue weighted by molar-refractivity contribution is -0.384. The summed E-state index contributed by atoms with van der Waals surface area (Å²) < 4.78 is 5.05. The summed E-state index contributed by atoms with van der Waals surface area (Å²) in [5.74, 6) is -0.592. The minimum absolute atomic E-state index is 0.0533. The average molecular weight is 357 g/mol. The maximum Gasteiger partial charge on any atom is 0.329 e. The van der Waals surface area contributed by atoms with E-state index in [1.54, 1.807) is 13.8 Å². The Morgan fingerprint density at radius 3 is 2.79 bits per heavy atom. The minimum Gasteiger partial charge on any atom is -0.466 e. The van der Waals surface area contributed by atoms with Crippen LogP contribution in [0.4, 0.5) is 11.5 Å². The van der Waals surface area contributed by atoms with Gasteiger partial charge in [-0.15, -0.1) is 0 Å². The first-order chi connectivity index (χ1) is 11.4. The van der Waals surface area contributed by atoms with Gasteiger partial charge >= 0.3 is 11.7 Å². The number of hydrogen-bond donors (Lipinski definition) is 0. The van der Waals surface area contributed by atoms with E-state index in [9.17, 15) is 14.9 Å². The Labute approximate surface area is 145 Å². The van der Waals surface area contributed by atoms with Crippen molar-refractivity contribution in [2.45, 2.75) is 45.6 Å². The van der Waals surface area contributed by atoms with E-state index in [4.69, 9.17) is 16.3 Å². The third-order valence-corrected chi connectivity index (χ3v) is 4.30. The minimum atomic E-state index is -0.525. The average Bonchev–Trinajstić information content (AvgIpc) is 3.06. The van der Waals surface area contributed by atoms with E-state index in [-0.39, 0.29) is 35.3 Å². The summed E-state index contributed by atoms with van der Waals surface area (Å²) in [7, 11) is 0. The number of anilines is 1. The van der Waals surface area contributed by atoms with E-state index in [2.05, 4.69) is 9.97 Å². The Bertz CT molecular complexity index is 607. The zero-order valence-corrected chi connectivity index (χ0v) is 14.5. The monoisotopic (exact) mass is 356 g/mol. The van der Waals surface area contributed by atoms with Crippen molar-refractivity contribution in [1.82, 2.24) is 9.97 Å². The Hall–Kier alpha value is -1.96. The molecular formula is C15H21ClN4O4. The van der Waals surface area contributed by atoms with Crippen LogP contribution in [-0.4, -0.2) is 40.1 Å². The molecule has 1 heterocycles. The van der Waals surface area contributed by atoms with Gasteiger partial charge < -0.3 is 9.64 Å². The topological polar surface area (TPSA) is 98.5 Å². The maximum atomic E-state index is 12.0. The van der Waals surface area contributed by atoms with Gasteiger partial charge in [-0.3, -0.25) is 14.9 Å². The molecule has 0 aromatic carbocycles. The fourth-order valence-electron chi connectivity index (χ4n) is 2.96. The summed E-state index contributed by atoms with van der Waals surface area (Å²) in [4.78, 5) is 32.4. The largest absolute Gasteiger partial charge is 0.466 e. The number of nitrogens with zero attached hydrogens (tertiary/aromatic N) is 4. The maximum absolute atomic E-state index is 12.0. The van der Waals surface area contributed by atoms with Crippen molar-refractivity contribution < 1.29 is 14.5 Å². The standard InChI is InChI=1S/C15H21ClN4O4/c1-3-24-14(21)10(2)9-19(11-6-4-5-7-11)13-12(20(22)23)8-17-15(16)18-13/h8,10-11H,3-7,9H2,1-2H3. The number of rotatable bonds is 7. The molecule has 2 rings (SSSR count). The lowest BCUT2D eigenvalue weighted by atomic mass is 10.1. The van der Waals surface area contributed by atoms with Gasteiger partial charge in [0.05, 0.1) is 17.4 Å². The number of hydrogen-bond acceptors (Lipinski definition) is 7. The second-order valence-corrected chi connectivity index (χ2v) is 6.19. The second-order valence-electron chi connectivity index (χ2n) is 5.85. The van der Waals surface area contributed by atoms with Crippen LogP contribution in [0.15, 0.2) is 6.20 Å². The molecule has 1 atom stereocenters. The Morgan fingerprint density at radius 2 is 2.21 bits per heavy atom. The molecule has 1 aromatic rings. The number of halogens is 1. The molecule has 1 aliphatic rings. The molecule has 132 valence electrons. The molecule has 1 unspecified atom stereocenters. The van der Waals surface area contributed by atoms with Crippen molar-refractivity contribution in [2.75, 3.05) is 18.1 Å². The molecule has 0 amide bonds. The highest BCUT2D eigenvalue weighted by atomic mass is 35.5. The van der Waals surface area contributed by atoms with Gasteiger partial charge in [0.25, 0.3) is 0 Å². The second kappa shape index (κ2) is 8.23. The summed E-state index contributed by atoms with van der Waals surface area (Å²) in [6, 6.07) is 0.0894. The van der Waals surface area contributed by atoms with Gasteiger partial charge in [0.2, 0.25) is 11.1 Å². The predicted octanol–water partition coefficient (Wildman–Crippen LogP) is 2.99. The van der Waals surface area contributed by atoms with Crippen molar-refractivity contribution >= 4 is 29.1 Å². The molecule has 9 heteroatoms. The summed E-state index contributed by atoms with van der Waals surface area (Å²) in [6.45, 7) is 4.08. The van der Waals surface area contributed by atoms with Crippen LogP contribution < -0.4 is 4.90 Å². The number of nitro groups is 1. The molecule has 1 saturated carbocycles. The fourth-order valence-corrected chi connectivity index (χ4v) is 3.09. The van der Waals surface area contributed by atoms with Crippen molar-refractivity contribution in [3.63, 3.8) is 0 Å². The van der Waals surface area contributed by atoms with E-state index in [1.165, 1.54) is 0 Å². The van der Waals surface area contributed by atoms with Crippen LogP contribution in [0.3, 0.4) is 0 Å². The van der Waals surface area contributed by atoms with Crippen LogP contribution >= 0.6 is 11.6 Å². The molecular weight excluding hydrogens is 336 g/mol. The van der Waals surface area contributed by atoms with E-state index in [1.807, 2.05) is 4.90 Å². The zero-order chi connectivity index (χ0) is 17.7. The predicted molar refractivity (Wildman–Crippen MR) is 89.1 cm³/mol. The number of ether oxygens (including phenoxy) is 1. The molecule has 0 bridgehead atoms. The lowest BCUT2D eigenvalue weighted by Gasteiger charge is -2.31. The van der Waals surface area contributed by atoms with Crippen LogP contribution in [0.1, 0.15) is 39.5 Å². The van der Waals surface area contributed by atoms with Gasteiger partial charge in [0, 0.05) is 12.6 Å². The molecule has 8 nitrogen and oxygen atoms in total. The van der Waals surface area contributed by atoms with E-state index in [0.717, 1.165) is 31.9 Å². The van der Waals surface area contributed by atoms with Gasteiger partial charge in [-0.1, -0.05) is 19.8 Å². The van der Waals surface area contributed by atoms with E-state index < -0.39 is 10.8 Å². The number of carbonyl (C=O) groups is 1. The van der Waals surface area contributed by atoms with Gasteiger partial charge in [0.15, 0.2) is 0 Å². The smallest absolute Gasteiger partial charge is 0.329 e. The van der Waals surface area contributed by atoms with Crippen LogP contribution in [0.5, 0.6) is 0 Å². The molecule has 1 aliphatic carbocycles. The highest BCUT2D eigenvalue weighted by Crippen LogP contribution is 2.33. The first-order valence-corrected chi connectivity index (χ1v) is 8.42. The first-order valence-electron chi connectivity index (χ1n) is 8.04.